The zero-order valence-electron chi connectivity index (χ0n) is 7.45. The van der Waals surface area contributed by atoms with Gasteiger partial charge in [0.1, 0.15) is 0 Å². The molecule has 0 atom stereocenters. The first kappa shape index (κ1) is 14.1. The molecule has 0 radical (unpaired) electrons. The molecule has 0 rings (SSSR count). The molecule has 0 fully saturated rings. The second-order valence-corrected chi connectivity index (χ2v) is 2.24. The van der Waals surface area contributed by atoms with Crippen LogP contribution in [0.2, 0.25) is 0 Å². The average molecular weight is 204 g/mol. The van der Waals surface area contributed by atoms with Crippen LogP contribution >= 0.6 is 12.4 Å². The summed E-state index contributed by atoms with van der Waals surface area (Å²) in [5.41, 5.74) is 10.2. The van der Waals surface area contributed by atoms with Gasteiger partial charge in [0.2, 0.25) is 5.96 Å². The normalized spacial score (nSPS) is 7.69. The summed E-state index contributed by atoms with van der Waals surface area (Å²) in [7, 11) is 1.70. The Morgan fingerprint density at radius 3 is 2.54 bits per heavy atom. The molecule has 0 aromatic heterocycles. The molecule has 0 aliphatic carbocycles. The summed E-state index contributed by atoms with van der Waals surface area (Å²) in [4.78, 5) is 5.11. The largest absolute Gasteiger partial charge is 0.370 e. The highest BCUT2D eigenvalue weighted by Crippen LogP contribution is 1.88. The molecule has 6 heteroatoms. The number of nitrogens with two attached hydrogens (primary N) is 2. The molecular formula is C7H14ClN5. The van der Waals surface area contributed by atoms with E-state index in [1.807, 2.05) is 0 Å². The molecule has 0 saturated heterocycles. The molecule has 5 N–H and O–H groups in total. The van der Waals surface area contributed by atoms with E-state index in [2.05, 4.69) is 10.9 Å². The van der Waals surface area contributed by atoms with Crippen molar-refractivity contribution < 1.29 is 0 Å². The quantitative estimate of drug-likeness (QED) is 0.323. The van der Waals surface area contributed by atoms with Crippen LogP contribution < -0.4 is 11.5 Å². The maximum absolute atomic E-state index is 7.31. The highest BCUT2D eigenvalue weighted by Gasteiger charge is 2.00. The summed E-state index contributed by atoms with van der Waals surface area (Å²) in [5.74, 6) is 2.36. The third kappa shape index (κ3) is 6.97. The van der Waals surface area contributed by atoms with E-state index in [0.29, 0.717) is 13.0 Å². The molecule has 0 bridgehead atoms. The predicted molar refractivity (Wildman–Crippen MR) is 56.9 cm³/mol. The minimum absolute atomic E-state index is 0. The van der Waals surface area contributed by atoms with Crippen LogP contribution in [-0.4, -0.2) is 30.4 Å². The molecule has 0 spiro atoms. The van der Waals surface area contributed by atoms with Crippen molar-refractivity contribution >= 4 is 24.3 Å². The van der Waals surface area contributed by atoms with Gasteiger partial charge in [-0.25, -0.2) is 0 Å². The molecule has 0 aliphatic heterocycles. The Kier molecular flexibility index (Phi) is 7.88. The molecule has 0 aromatic carbocycles. The van der Waals surface area contributed by atoms with Crippen molar-refractivity contribution in [3.05, 3.63) is 0 Å². The first-order valence-corrected chi connectivity index (χ1v) is 3.40. The van der Waals surface area contributed by atoms with Crippen molar-refractivity contribution in [2.45, 2.75) is 6.42 Å². The topological polar surface area (TPSA) is 91.5 Å². The molecule has 0 saturated carbocycles. The van der Waals surface area contributed by atoms with Gasteiger partial charge in [0.15, 0.2) is 5.96 Å². The summed E-state index contributed by atoms with van der Waals surface area (Å²) in [6.07, 6.45) is 5.61. The van der Waals surface area contributed by atoms with E-state index < -0.39 is 0 Å². The minimum atomic E-state index is -0.118. The molecular weight excluding hydrogens is 190 g/mol. The zero-order chi connectivity index (χ0) is 9.56. The van der Waals surface area contributed by atoms with Crippen molar-refractivity contribution in [3.8, 4) is 12.3 Å². The van der Waals surface area contributed by atoms with Gasteiger partial charge in [-0.2, -0.15) is 4.99 Å². The van der Waals surface area contributed by atoms with Gasteiger partial charge in [0.25, 0.3) is 0 Å². The van der Waals surface area contributed by atoms with Crippen LogP contribution in [0.25, 0.3) is 0 Å². The number of hydrogen-bond acceptors (Lipinski definition) is 1. The lowest BCUT2D eigenvalue weighted by molar-refractivity contribution is 0.508. The van der Waals surface area contributed by atoms with Crippen LogP contribution in [0.4, 0.5) is 0 Å². The number of halogens is 1. The van der Waals surface area contributed by atoms with Gasteiger partial charge in [-0.05, 0) is 0 Å². The lowest BCUT2D eigenvalue weighted by Crippen LogP contribution is -2.31. The molecule has 0 aromatic rings. The Morgan fingerprint density at radius 2 is 2.15 bits per heavy atom. The molecule has 0 aliphatic rings. The molecule has 5 nitrogen and oxygen atoms in total. The van der Waals surface area contributed by atoms with Gasteiger partial charge < -0.3 is 16.4 Å². The number of nitrogens with one attached hydrogen (secondary N) is 1. The van der Waals surface area contributed by atoms with Crippen molar-refractivity contribution in [2.75, 3.05) is 13.6 Å². The lowest BCUT2D eigenvalue weighted by atomic mass is 10.4. The maximum Gasteiger partial charge on any atom is 0.220 e. The Labute approximate surface area is 84.1 Å². The third-order valence-electron chi connectivity index (χ3n) is 1.19. The highest BCUT2D eigenvalue weighted by molar-refractivity contribution is 5.91. The van der Waals surface area contributed by atoms with Crippen LogP contribution in [0.5, 0.6) is 0 Å². The van der Waals surface area contributed by atoms with Crippen LogP contribution in [-0.2, 0) is 0 Å². The van der Waals surface area contributed by atoms with Crippen LogP contribution in [0, 0.1) is 17.8 Å². The van der Waals surface area contributed by atoms with E-state index >= 15 is 0 Å². The van der Waals surface area contributed by atoms with Gasteiger partial charge in [0, 0.05) is 20.0 Å². The minimum Gasteiger partial charge on any atom is -0.370 e. The van der Waals surface area contributed by atoms with E-state index in [9.17, 15) is 0 Å². The number of guanidine groups is 2. The predicted octanol–water partition coefficient (Wildman–Crippen LogP) is -0.429. The van der Waals surface area contributed by atoms with Crippen LogP contribution in [0.3, 0.4) is 0 Å². The van der Waals surface area contributed by atoms with Gasteiger partial charge >= 0.3 is 0 Å². The van der Waals surface area contributed by atoms with E-state index in [-0.39, 0.29) is 24.3 Å². The zero-order valence-corrected chi connectivity index (χ0v) is 8.27. The summed E-state index contributed by atoms with van der Waals surface area (Å²) in [6, 6.07) is 0. The van der Waals surface area contributed by atoms with E-state index in [1.165, 1.54) is 0 Å². The third-order valence-corrected chi connectivity index (χ3v) is 1.19. The number of hydrogen-bond donors (Lipinski definition) is 3. The standard InChI is InChI=1S/C7H13N5.ClH/c1-3-4-5-12(2)7(10)11-6(8)9;/h1H,4-5H2,2H3,(H5,8,9,10,11);1H. The molecule has 0 unspecified atom stereocenters. The summed E-state index contributed by atoms with van der Waals surface area (Å²) in [6.45, 7) is 0.576. The SMILES string of the molecule is C#CCCN(C)C(=N)N=C(N)N.Cl. The fourth-order valence-corrected chi connectivity index (χ4v) is 0.546. The summed E-state index contributed by atoms with van der Waals surface area (Å²) >= 11 is 0. The monoisotopic (exact) mass is 203 g/mol. The van der Waals surface area contributed by atoms with Crippen molar-refractivity contribution in [3.63, 3.8) is 0 Å². The number of rotatable bonds is 2. The van der Waals surface area contributed by atoms with E-state index in [1.54, 1.807) is 11.9 Å². The second-order valence-electron chi connectivity index (χ2n) is 2.24. The molecule has 13 heavy (non-hydrogen) atoms. The van der Waals surface area contributed by atoms with Crippen LogP contribution in [0.15, 0.2) is 4.99 Å². The van der Waals surface area contributed by atoms with Gasteiger partial charge in [-0.3, -0.25) is 5.41 Å². The van der Waals surface area contributed by atoms with Crippen LogP contribution in [0.1, 0.15) is 6.42 Å². The van der Waals surface area contributed by atoms with E-state index in [4.69, 9.17) is 23.3 Å². The Balaban J connectivity index is 0. The molecule has 0 amide bonds. The highest BCUT2D eigenvalue weighted by atomic mass is 35.5. The first-order valence-electron chi connectivity index (χ1n) is 3.40. The molecule has 74 valence electrons. The van der Waals surface area contributed by atoms with Gasteiger partial charge in [-0.1, -0.05) is 0 Å². The number of aliphatic imine (C=N–C) groups is 1. The lowest BCUT2D eigenvalue weighted by Gasteiger charge is -2.14. The second kappa shape index (κ2) is 7.25. The smallest absolute Gasteiger partial charge is 0.220 e. The number of nitrogens with zero attached hydrogens (tertiary/aromatic N) is 2. The maximum atomic E-state index is 7.31. The fourth-order valence-electron chi connectivity index (χ4n) is 0.546. The molecule has 0 heterocycles. The fraction of sp³-hybridized carbons (Fsp3) is 0.429. The van der Waals surface area contributed by atoms with Crippen molar-refractivity contribution in [2.24, 2.45) is 16.5 Å². The number of terminal acetylenes is 1. The Hall–Kier alpha value is -1.41. The van der Waals surface area contributed by atoms with Crippen molar-refractivity contribution in [1.82, 2.24) is 4.90 Å². The first-order chi connectivity index (χ1) is 5.57. The van der Waals surface area contributed by atoms with Crippen molar-refractivity contribution in [1.29, 1.82) is 5.41 Å². The van der Waals surface area contributed by atoms with Gasteiger partial charge in [0.05, 0.1) is 0 Å². The Bertz CT molecular complexity index is 226. The average Bonchev–Trinajstić information content (AvgIpc) is 1.98. The summed E-state index contributed by atoms with van der Waals surface area (Å²) < 4.78 is 0. The summed E-state index contributed by atoms with van der Waals surface area (Å²) in [5, 5.41) is 7.31. The Morgan fingerprint density at radius 1 is 1.62 bits per heavy atom. The van der Waals surface area contributed by atoms with Gasteiger partial charge in [-0.15, -0.1) is 24.8 Å². The van der Waals surface area contributed by atoms with E-state index in [0.717, 1.165) is 0 Å².